The molecule has 3 rings (SSSR count). The summed E-state index contributed by atoms with van der Waals surface area (Å²) in [4.78, 5) is 15.5. The van der Waals surface area contributed by atoms with Gasteiger partial charge in [-0.15, -0.1) is 0 Å². The summed E-state index contributed by atoms with van der Waals surface area (Å²) in [5.41, 5.74) is 1.37. The molecule has 0 spiro atoms. The zero-order chi connectivity index (χ0) is 17.9. The molecule has 0 saturated carbocycles. The molecular formula is C21H31NO3. The molecular weight excluding hydrogens is 314 g/mol. The van der Waals surface area contributed by atoms with Gasteiger partial charge < -0.3 is 9.47 Å². The molecule has 0 amide bonds. The van der Waals surface area contributed by atoms with Crippen LogP contribution in [0.15, 0.2) is 30.3 Å². The van der Waals surface area contributed by atoms with Crippen LogP contribution in [0.25, 0.3) is 0 Å². The van der Waals surface area contributed by atoms with Crippen LogP contribution in [0.1, 0.15) is 51.0 Å². The molecule has 0 aromatic heterocycles. The Balaban J connectivity index is 1.66. The number of ketones is 1. The van der Waals surface area contributed by atoms with Crippen LogP contribution in [-0.4, -0.2) is 42.8 Å². The second-order valence-electron chi connectivity index (χ2n) is 7.75. The summed E-state index contributed by atoms with van der Waals surface area (Å²) >= 11 is 0. The molecule has 2 fully saturated rings. The lowest BCUT2D eigenvalue weighted by Gasteiger charge is -2.49. The van der Waals surface area contributed by atoms with Crippen LogP contribution in [0.4, 0.5) is 0 Å². The van der Waals surface area contributed by atoms with Gasteiger partial charge >= 0.3 is 0 Å². The minimum absolute atomic E-state index is 0.145. The second-order valence-corrected chi connectivity index (χ2v) is 7.75. The number of Topliss-reactive ketones (excluding diaryl/α,β-unsaturated/α-hetero) is 1. The van der Waals surface area contributed by atoms with E-state index in [1.807, 2.05) is 6.92 Å². The summed E-state index contributed by atoms with van der Waals surface area (Å²) in [5, 5.41) is 0. The third-order valence-corrected chi connectivity index (χ3v) is 6.15. The fourth-order valence-electron chi connectivity index (χ4n) is 4.48. The number of hydrogen-bond donors (Lipinski definition) is 0. The molecule has 4 nitrogen and oxygen atoms in total. The maximum atomic E-state index is 12.8. The zero-order valence-corrected chi connectivity index (χ0v) is 15.7. The second kappa shape index (κ2) is 7.98. The van der Waals surface area contributed by atoms with Crippen LogP contribution in [0.3, 0.4) is 0 Å². The molecule has 2 aliphatic heterocycles. The van der Waals surface area contributed by atoms with Gasteiger partial charge in [0.25, 0.3) is 0 Å². The average Bonchev–Trinajstić information content (AvgIpc) is 2.62. The SMILES string of the molecule is COC(C)(CC(=O)C1CC2CCCC(C1)N2Cc1ccccc1)OC. The van der Waals surface area contributed by atoms with E-state index in [0.29, 0.717) is 24.3 Å². The largest absolute Gasteiger partial charge is 0.353 e. The van der Waals surface area contributed by atoms with Crippen LogP contribution in [0.2, 0.25) is 0 Å². The quantitative estimate of drug-likeness (QED) is 0.705. The van der Waals surface area contributed by atoms with Crippen molar-refractivity contribution < 1.29 is 14.3 Å². The first-order valence-electron chi connectivity index (χ1n) is 9.47. The third kappa shape index (κ3) is 4.30. The van der Waals surface area contributed by atoms with Crippen LogP contribution in [-0.2, 0) is 20.8 Å². The molecule has 25 heavy (non-hydrogen) atoms. The van der Waals surface area contributed by atoms with Gasteiger partial charge in [0.1, 0.15) is 5.78 Å². The minimum atomic E-state index is -0.798. The number of methoxy groups -OCH3 is 2. The Hall–Kier alpha value is -1.23. The monoisotopic (exact) mass is 345 g/mol. The normalized spacial score (nSPS) is 27.2. The van der Waals surface area contributed by atoms with Crippen LogP contribution in [0, 0.1) is 5.92 Å². The number of rotatable bonds is 7. The molecule has 1 aromatic rings. The molecule has 2 atom stereocenters. The number of carbonyl (C=O) groups excluding carboxylic acids is 1. The number of nitrogens with zero attached hydrogens (tertiary/aromatic N) is 1. The maximum absolute atomic E-state index is 12.8. The topological polar surface area (TPSA) is 38.8 Å². The Labute approximate surface area is 151 Å². The fraction of sp³-hybridized carbons (Fsp3) is 0.667. The van der Waals surface area contributed by atoms with Crippen LogP contribution < -0.4 is 0 Å². The maximum Gasteiger partial charge on any atom is 0.171 e. The van der Waals surface area contributed by atoms with Gasteiger partial charge in [-0.25, -0.2) is 0 Å². The Morgan fingerprint density at radius 3 is 2.28 bits per heavy atom. The van der Waals surface area contributed by atoms with Gasteiger partial charge in [-0.2, -0.15) is 0 Å². The van der Waals surface area contributed by atoms with Crippen LogP contribution in [0.5, 0.6) is 0 Å². The van der Waals surface area contributed by atoms with E-state index in [1.165, 1.54) is 24.8 Å². The highest BCUT2D eigenvalue weighted by Gasteiger charge is 2.41. The fourth-order valence-corrected chi connectivity index (χ4v) is 4.48. The molecule has 0 radical (unpaired) electrons. The van der Waals surface area contributed by atoms with Crippen molar-refractivity contribution in [3.8, 4) is 0 Å². The van der Waals surface area contributed by atoms with E-state index in [9.17, 15) is 4.79 Å². The number of piperidine rings is 2. The summed E-state index contributed by atoms with van der Waals surface area (Å²) in [6.07, 6.45) is 5.99. The van der Waals surface area contributed by atoms with Crippen molar-refractivity contribution in [2.75, 3.05) is 14.2 Å². The number of benzene rings is 1. The lowest BCUT2D eigenvalue weighted by atomic mass is 9.75. The van der Waals surface area contributed by atoms with Gasteiger partial charge in [-0.05, 0) is 38.2 Å². The zero-order valence-electron chi connectivity index (χ0n) is 15.7. The van der Waals surface area contributed by atoms with E-state index in [-0.39, 0.29) is 5.92 Å². The molecule has 2 saturated heterocycles. The average molecular weight is 345 g/mol. The third-order valence-electron chi connectivity index (χ3n) is 6.15. The summed E-state index contributed by atoms with van der Waals surface area (Å²) < 4.78 is 10.8. The van der Waals surface area contributed by atoms with E-state index in [2.05, 4.69) is 35.2 Å². The van der Waals surface area contributed by atoms with Crippen molar-refractivity contribution in [2.45, 2.75) is 69.9 Å². The number of carbonyl (C=O) groups is 1. The summed E-state index contributed by atoms with van der Waals surface area (Å²) in [6, 6.07) is 11.7. The van der Waals surface area contributed by atoms with Crippen molar-refractivity contribution in [1.29, 1.82) is 0 Å². The van der Waals surface area contributed by atoms with E-state index >= 15 is 0 Å². The predicted molar refractivity (Wildman–Crippen MR) is 98.2 cm³/mol. The Morgan fingerprint density at radius 1 is 1.12 bits per heavy atom. The molecule has 138 valence electrons. The van der Waals surface area contributed by atoms with Crippen molar-refractivity contribution in [3.63, 3.8) is 0 Å². The van der Waals surface area contributed by atoms with Gasteiger partial charge in [-0.3, -0.25) is 9.69 Å². The first kappa shape index (κ1) is 18.6. The molecule has 2 aliphatic rings. The predicted octanol–water partition coefficient (Wildman–Crippen LogP) is 3.79. The molecule has 0 aliphatic carbocycles. The Kier molecular flexibility index (Phi) is 5.92. The van der Waals surface area contributed by atoms with Crippen molar-refractivity contribution in [1.82, 2.24) is 4.90 Å². The first-order chi connectivity index (χ1) is 12.0. The van der Waals surface area contributed by atoms with Crippen molar-refractivity contribution in [2.24, 2.45) is 5.92 Å². The highest BCUT2D eigenvalue weighted by atomic mass is 16.7. The number of hydrogen-bond acceptors (Lipinski definition) is 4. The molecule has 0 N–H and O–H groups in total. The molecule has 4 heteroatoms. The lowest BCUT2D eigenvalue weighted by Crippen LogP contribution is -2.53. The Bertz CT molecular complexity index is 556. The molecule has 2 bridgehead atoms. The van der Waals surface area contributed by atoms with E-state index in [4.69, 9.17) is 9.47 Å². The standard InChI is InChI=1S/C21H31NO3/c1-21(24-2,25-3)14-20(23)17-12-18-10-7-11-19(13-17)22(18)15-16-8-5-4-6-9-16/h4-6,8-9,17-19H,7,10-15H2,1-3H3. The van der Waals surface area contributed by atoms with E-state index in [1.54, 1.807) is 14.2 Å². The molecule has 1 aromatic carbocycles. The summed E-state index contributed by atoms with van der Waals surface area (Å²) in [5.74, 6) is -0.359. The number of fused-ring (bicyclic) bond motifs is 2. The molecule has 2 heterocycles. The minimum Gasteiger partial charge on any atom is -0.353 e. The summed E-state index contributed by atoms with van der Waals surface area (Å²) in [6.45, 7) is 2.85. The van der Waals surface area contributed by atoms with E-state index < -0.39 is 5.79 Å². The summed E-state index contributed by atoms with van der Waals surface area (Å²) in [7, 11) is 3.21. The van der Waals surface area contributed by atoms with E-state index in [0.717, 1.165) is 19.4 Å². The van der Waals surface area contributed by atoms with Gasteiger partial charge in [0.2, 0.25) is 0 Å². The van der Waals surface area contributed by atoms with Gasteiger partial charge in [-0.1, -0.05) is 36.8 Å². The molecule has 2 unspecified atom stereocenters. The smallest absolute Gasteiger partial charge is 0.171 e. The van der Waals surface area contributed by atoms with Crippen molar-refractivity contribution in [3.05, 3.63) is 35.9 Å². The highest BCUT2D eigenvalue weighted by molar-refractivity contribution is 5.82. The first-order valence-corrected chi connectivity index (χ1v) is 9.47. The lowest BCUT2D eigenvalue weighted by molar-refractivity contribution is -0.199. The van der Waals surface area contributed by atoms with Crippen molar-refractivity contribution >= 4 is 5.78 Å². The number of ether oxygens (including phenoxy) is 2. The van der Waals surface area contributed by atoms with Gasteiger partial charge in [0.05, 0.1) is 6.42 Å². The van der Waals surface area contributed by atoms with Gasteiger partial charge in [0.15, 0.2) is 5.79 Å². The van der Waals surface area contributed by atoms with Crippen LogP contribution >= 0.6 is 0 Å². The Morgan fingerprint density at radius 2 is 1.72 bits per heavy atom. The van der Waals surface area contributed by atoms with Gasteiger partial charge in [0, 0.05) is 38.8 Å². The highest BCUT2D eigenvalue weighted by Crippen LogP contribution is 2.39.